The molecule has 0 bridgehead atoms. The molecule has 1 fully saturated rings. The molecule has 1 N–H and O–H groups in total. The molecule has 0 spiro atoms. The zero-order valence-corrected chi connectivity index (χ0v) is 14.1. The van der Waals surface area contributed by atoms with Crippen LogP contribution in [0.15, 0.2) is 23.7 Å². The summed E-state index contributed by atoms with van der Waals surface area (Å²) in [5.41, 5.74) is 0.292. The average Bonchev–Trinajstić information content (AvgIpc) is 2.90. The molecule has 0 radical (unpaired) electrons. The second kappa shape index (κ2) is 5.55. The quantitative estimate of drug-likeness (QED) is 0.519. The van der Waals surface area contributed by atoms with Gasteiger partial charge in [-0.2, -0.15) is 0 Å². The Labute approximate surface area is 140 Å². The molecule has 1 aromatic carbocycles. The van der Waals surface area contributed by atoms with Crippen LogP contribution in [0.2, 0.25) is 0 Å². The van der Waals surface area contributed by atoms with E-state index in [9.17, 15) is 14.7 Å². The summed E-state index contributed by atoms with van der Waals surface area (Å²) in [6.45, 7) is 7.36. The first kappa shape index (κ1) is 16.9. The smallest absolute Gasteiger partial charge is 0.400 e. The fourth-order valence-corrected chi connectivity index (χ4v) is 2.66. The van der Waals surface area contributed by atoms with Crippen molar-refractivity contribution in [3.05, 3.63) is 40.4 Å². The standard InChI is InChI=1S/C17H19BO6/c1-16(2)17(3,4)24-18(23-16)11(9-19)8-10-6-5-7-12-13(10)15(21)22-14(12)20/h5-8,19H,9H2,1-4H3. The van der Waals surface area contributed by atoms with Crippen molar-refractivity contribution in [1.82, 2.24) is 0 Å². The van der Waals surface area contributed by atoms with Crippen LogP contribution in [0.4, 0.5) is 0 Å². The van der Waals surface area contributed by atoms with E-state index in [1.165, 1.54) is 6.07 Å². The van der Waals surface area contributed by atoms with Gasteiger partial charge in [-0.25, -0.2) is 9.59 Å². The number of hydrogen-bond donors (Lipinski definition) is 1. The molecule has 0 saturated carbocycles. The van der Waals surface area contributed by atoms with E-state index in [2.05, 4.69) is 4.74 Å². The van der Waals surface area contributed by atoms with Crippen LogP contribution < -0.4 is 0 Å². The summed E-state index contributed by atoms with van der Waals surface area (Å²) in [5, 5.41) is 9.74. The Morgan fingerprint density at radius 2 is 1.75 bits per heavy atom. The van der Waals surface area contributed by atoms with Crippen molar-refractivity contribution in [3.63, 3.8) is 0 Å². The monoisotopic (exact) mass is 330 g/mol. The lowest BCUT2D eigenvalue weighted by Crippen LogP contribution is -2.41. The highest BCUT2D eigenvalue weighted by atomic mass is 16.7. The summed E-state index contributed by atoms with van der Waals surface area (Å²) < 4.78 is 16.5. The second-order valence-corrected chi connectivity index (χ2v) is 6.91. The Bertz CT molecular complexity index is 733. The summed E-state index contributed by atoms with van der Waals surface area (Å²) in [6.07, 6.45) is 1.61. The van der Waals surface area contributed by atoms with Gasteiger partial charge in [-0.1, -0.05) is 18.2 Å². The number of aliphatic hydroxyl groups excluding tert-OH is 1. The minimum atomic E-state index is -0.732. The molecule has 24 heavy (non-hydrogen) atoms. The van der Waals surface area contributed by atoms with Gasteiger partial charge in [0.25, 0.3) is 0 Å². The molecule has 0 aliphatic carbocycles. The van der Waals surface area contributed by atoms with Gasteiger partial charge in [-0.15, -0.1) is 0 Å². The van der Waals surface area contributed by atoms with E-state index >= 15 is 0 Å². The Kier molecular flexibility index (Phi) is 3.90. The topological polar surface area (TPSA) is 82.1 Å². The predicted molar refractivity (Wildman–Crippen MR) is 87.3 cm³/mol. The van der Waals surface area contributed by atoms with Gasteiger partial charge >= 0.3 is 19.1 Å². The SMILES string of the molecule is CC1(C)OB(C(=Cc2cccc3c2C(=O)OC3=O)CO)OC1(C)C. The Balaban J connectivity index is 2.00. The molecule has 6 nitrogen and oxygen atoms in total. The summed E-state index contributed by atoms with van der Waals surface area (Å²) >= 11 is 0. The lowest BCUT2D eigenvalue weighted by Gasteiger charge is -2.32. The number of hydrogen-bond acceptors (Lipinski definition) is 6. The van der Waals surface area contributed by atoms with E-state index in [-0.39, 0.29) is 17.7 Å². The van der Waals surface area contributed by atoms with Gasteiger partial charge in [0.15, 0.2) is 0 Å². The number of esters is 2. The largest absolute Gasteiger partial charge is 0.492 e. The molecule has 2 heterocycles. The van der Waals surface area contributed by atoms with Crippen molar-refractivity contribution in [3.8, 4) is 0 Å². The Morgan fingerprint density at radius 1 is 1.12 bits per heavy atom. The lowest BCUT2D eigenvalue weighted by molar-refractivity contribution is 0.00578. The Morgan fingerprint density at radius 3 is 2.33 bits per heavy atom. The molecule has 2 aliphatic rings. The first-order valence-electron chi connectivity index (χ1n) is 7.73. The van der Waals surface area contributed by atoms with Crippen LogP contribution in [0.1, 0.15) is 54.0 Å². The minimum Gasteiger partial charge on any atom is -0.400 e. The van der Waals surface area contributed by atoms with Crippen LogP contribution in [-0.2, 0) is 14.0 Å². The molecule has 2 aliphatic heterocycles. The van der Waals surface area contributed by atoms with Gasteiger partial charge < -0.3 is 19.2 Å². The summed E-state index contributed by atoms with van der Waals surface area (Å²) in [5.74, 6) is -1.35. The second-order valence-electron chi connectivity index (χ2n) is 6.91. The normalized spacial score (nSPS) is 21.9. The van der Waals surface area contributed by atoms with Gasteiger partial charge in [0.1, 0.15) is 0 Å². The zero-order valence-electron chi connectivity index (χ0n) is 14.1. The van der Waals surface area contributed by atoms with Gasteiger partial charge in [-0.3, -0.25) is 0 Å². The van der Waals surface area contributed by atoms with E-state index in [1.807, 2.05) is 27.7 Å². The minimum absolute atomic E-state index is 0.199. The number of fused-ring (bicyclic) bond motifs is 1. The summed E-state index contributed by atoms with van der Waals surface area (Å²) in [4.78, 5) is 23.5. The fraction of sp³-hybridized carbons (Fsp3) is 0.412. The highest BCUT2D eigenvalue weighted by Crippen LogP contribution is 2.39. The van der Waals surface area contributed by atoms with Gasteiger partial charge in [0, 0.05) is 0 Å². The molecule has 126 valence electrons. The van der Waals surface area contributed by atoms with E-state index in [0.717, 1.165) is 0 Å². The maximum absolute atomic E-state index is 11.9. The van der Waals surface area contributed by atoms with Gasteiger partial charge in [0.2, 0.25) is 0 Å². The van der Waals surface area contributed by atoms with Crippen LogP contribution in [0.25, 0.3) is 6.08 Å². The molecule has 1 saturated heterocycles. The molecule has 0 atom stereocenters. The zero-order chi connectivity index (χ0) is 17.7. The fourth-order valence-electron chi connectivity index (χ4n) is 2.66. The third kappa shape index (κ3) is 2.58. The van der Waals surface area contributed by atoms with E-state index < -0.39 is 30.3 Å². The van der Waals surface area contributed by atoms with E-state index in [1.54, 1.807) is 18.2 Å². The number of rotatable bonds is 3. The van der Waals surface area contributed by atoms with Crippen LogP contribution in [0.3, 0.4) is 0 Å². The van der Waals surface area contributed by atoms with Crippen LogP contribution in [0, 0.1) is 0 Å². The van der Waals surface area contributed by atoms with Crippen molar-refractivity contribution in [2.45, 2.75) is 38.9 Å². The number of benzene rings is 1. The van der Waals surface area contributed by atoms with Crippen molar-refractivity contribution in [1.29, 1.82) is 0 Å². The number of cyclic esters (lactones) is 2. The third-order valence-electron chi connectivity index (χ3n) is 4.79. The molecule has 1 aromatic rings. The summed E-state index contributed by atoms with van der Waals surface area (Å²) in [6, 6.07) is 4.87. The molecule has 3 rings (SSSR count). The molecular weight excluding hydrogens is 311 g/mol. The number of ether oxygens (including phenoxy) is 1. The molecule has 0 amide bonds. The van der Waals surface area contributed by atoms with Crippen molar-refractivity contribution in [2.24, 2.45) is 0 Å². The number of carbonyl (C=O) groups is 2. The molecular formula is C17H19BO6. The third-order valence-corrected chi connectivity index (χ3v) is 4.79. The van der Waals surface area contributed by atoms with Gasteiger partial charge in [0.05, 0.1) is 28.9 Å². The average molecular weight is 330 g/mol. The predicted octanol–water partition coefficient (Wildman–Crippen LogP) is 2.00. The van der Waals surface area contributed by atoms with E-state index in [4.69, 9.17) is 9.31 Å². The van der Waals surface area contributed by atoms with Crippen LogP contribution >= 0.6 is 0 Å². The van der Waals surface area contributed by atoms with Gasteiger partial charge in [-0.05, 0) is 44.8 Å². The maximum Gasteiger partial charge on any atom is 0.492 e. The highest BCUT2D eigenvalue weighted by Gasteiger charge is 2.52. The maximum atomic E-state index is 11.9. The van der Waals surface area contributed by atoms with Crippen molar-refractivity contribution < 1.29 is 28.7 Å². The first-order chi connectivity index (χ1) is 11.2. The Hall–Kier alpha value is -1.96. The van der Waals surface area contributed by atoms with Crippen molar-refractivity contribution >= 4 is 25.1 Å². The highest BCUT2D eigenvalue weighted by molar-refractivity contribution is 6.55. The summed E-state index contributed by atoms with van der Waals surface area (Å²) in [7, 11) is -0.732. The molecule has 0 aromatic heterocycles. The van der Waals surface area contributed by atoms with E-state index in [0.29, 0.717) is 11.0 Å². The first-order valence-corrected chi connectivity index (χ1v) is 7.73. The molecule has 7 heteroatoms. The van der Waals surface area contributed by atoms with Crippen LogP contribution in [-0.4, -0.2) is 42.0 Å². The molecule has 0 unspecified atom stereocenters. The number of aliphatic hydroxyl groups is 1. The van der Waals surface area contributed by atoms with Crippen LogP contribution in [0.5, 0.6) is 0 Å². The lowest BCUT2D eigenvalue weighted by atomic mass is 9.77. The number of carbonyl (C=O) groups excluding carboxylic acids is 2. The van der Waals surface area contributed by atoms with Crippen molar-refractivity contribution in [2.75, 3.05) is 6.61 Å².